The van der Waals surface area contributed by atoms with Gasteiger partial charge in [-0.1, -0.05) is 0 Å². The lowest BCUT2D eigenvalue weighted by Gasteiger charge is -2.05. The van der Waals surface area contributed by atoms with E-state index < -0.39 is 0 Å². The topological polar surface area (TPSA) is 80.1 Å². The van der Waals surface area contributed by atoms with Gasteiger partial charge in [0, 0.05) is 20.3 Å². The summed E-state index contributed by atoms with van der Waals surface area (Å²) in [5.41, 5.74) is 0.318. The number of ether oxygens (including phenoxy) is 2. The number of aromatic nitrogens is 2. The van der Waals surface area contributed by atoms with E-state index >= 15 is 0 Å². The minimum atomic E-state index is 0.318. The van der Waals surface area contributed by atoms with E-state index in [0.29, 0.717) is 31.3 Å². The third-order valence-electron chi connectivity index (χ3n) is 1.97. The van der Waals surface area contributed by atoms with Gasteiger partial charge in [-0.3, -0.25) is 0 Å². The molecule has 0 fully saturated rings. The van der Waals surface area contributed by atoms with Crippen LogP contribution in [0, 0.1) is 11.3 Å². The highest BCUT2D eigenvalue weighted by atomic mass is 16.5. The smallest absolute Gasteiger partial charge is 0.158 e. The third-order valence-corrected chi connectivity index (χ3v) is 1.97. The molecule has 0 spiro atoms. The lowest BCUT2D eigenvalue weighted by atomic mass is 10.4. The molecule has 6 heteroatoms. The van der Waals surface area contributed by atoms with E-state index in [1.165, 1.54) is 6.20 Å². The summed E-state index contributed by atoms with van der Waals surface area (Å²) in [5, 5.41) is 11.6. The number of hydrogen-bond acceptors (Lipinski definition) is 6. The Kier molecular flexibility index (Phi) is 6.63. The van der Waals surface area contributed by atoms with Crippen molar-refractivity contribution in [2.75, 3.05) is 38.8 Å². The first-order valence-corrected chi connectivity index (χ1v) is 5.39. The van der Waals surface area contributed by atoms with Crippen LogP contribution in [0.1, 0.15) is 12.1 Å². The van der Waals surface area contributed by atoms with Crippen LogP contribution in [-0.2, 0) is 9.47 Å². The molecule has 0 amide bonds. The van der Waals surface area contributed by atoms with Gasteiger partial charge in [-0.05, 0) is 6.42 Å². The molecule has 92 valence electrons. The average molecular weight is 236 g/mol. The van der Waals surface area contributed by atoms with Gasteiger partial charge in [0.2, 0.25) is 0 Å². The van der Waals surface area contributed by atoms with Crippen LogP contribution in [0.2, 0.25) is 0 Å². The molecule has 1 N–H and O–H groups in total. The molecule has 0 radical (unpaired) electrons. The van der Waals surface area contributed by atoms with Gasteiger partial charge in [0.25, 0.3) is 0 Å². The minimum absolute atomic E-state index is 0.318. The van der Waals surface area contributed by atoms with Crippen molar-refractivity contribution in [2.24, 2.45) is 0 Å². The standard InChI is InChI=1S/C11H16N4O2/c1-16-5-6-17-4-2-3-13-11-9-14-10(7-12)8-15-11/h8-9H,2-6H2,1H3,(H,13,15). The number of anilines is 1. The maximum atomic E-state index is 8.55. The molecule has 0 aliphatic carbocycles. The minimum Gasteiger partial charge on any atom is -0.382 e. The molecule has 1 aromatic rings. The van der Waals surface area contributed by atoms with Gasteiger partial charge >= 0.3 is 0 Å². The molecule has 0 unspecified atom stereocenters. The Morgan fingerprint density at radius 2 is 2.18 bits per heavy atom. The fourth-order valence-electron chi connectivity index (χ4n) is 1.11. The molecule has 0 aliphatic rings. The van der Waals surface area contributed by atoms with E-state index in [2.05, 4.69) is 15.3 Å². The Balaban J connectivity index is 2.08. The Labute approximate surface area is 101 Å². The van der Waals surface area contributed by atoms with Crippen molar-refractivity contribution < 1.29 is 9.47 Å². The molecular formula is C11H16N4O2. The predicted molar refractivity (Wildman–Crippen MR) is 62.5 cm³/mol. The second kappa shape index (κ2) is 8.44. The largest absolute Gasteiger partial charge is 0.382 e. The first-order valence-electron chi connectivity index (χ1n) is 5.39. The van der Waals surface area contributed by atoms with Gasteiger partial charge in [0.05, 0.1) is 25.6 Å². The number of nitrogens with one attached hydrogen (secondary N) is 1. The average Bonchev–Trinajstić information content (AvgIpc) is 2.38. The molecule has 0 bridgehead atoms. The first-order chi connectivity index (χ1) is 8.36. The summed E-state index contributed by atoms with van der Waals surface area (Å²) < 4.78 is 10.2. The van der Waals surface area contributed by atoms with Crippen LogP contribution >= 0.6 is 0 Å². The van der Waals surface area contributed by atoms with Crippen molar-refractivity contribution in [3.8, 4) is 6.07 Å². The van der Waals surface area contributed by atoms with E-state index in [9.17, 15) is 0 Å². The SMILES string of the molecule is COCCOCCCNc1cnc(C#N)cn1. The highest BCUT2D eigenvalue weighted by molar-refractivity contribution is 5.32. The molecule has 0 saturated heterocycles. The van der Waals surface area contributed by atoms with Crippen LogP contribution in [0.3, 0.4) is 0 Å². The summed E-state index contributed by atoms with van der Waals surface area (Å²) in [5.74, 6) is 0.667. The molecule has 6 nitrogen and oxygen atoms in total. The zero-order chi connectivity index (χ0) is 12.3. The number of rotatable bonds is 8. The Bertz CT molecular complexity index is 347. The second-order valence-electron chi connectivity index (χ2n) is 3.28. The van der Waals surface area contributed by atoms with E-state index in [0.717, 1.165) is 13.0 Å². The number of methoxy groups -OCH3 is 1. The van der Waals surface area contributed by atoms with E-state index in [1.54, 1.807) is 13.3 Å². The molecule has 0 aromatic carbocycles. The quantitative estimate of drug-likeness (QED) is 0.673. The Morgan fingerprint density at radius 3 is 2.82 bits per heavy atom. The van der Waals surface area contributed by atoms with Crippen LogP contribution in [0.15, 0.2) is 12.4 Å². The summed E-state index contributed by atoms with van der Waals surface area (Å²) in [4.78, 5) is 7.94. The molecule has 0 aliphatic heterocycles. The molecule has 1 heterocycles. The van der Waals surface area contributed by atoms with Gasteiger partial charge in [-0.25, -0.2) is 9.97 Å². The number of nitrogens with zero attached hydrogens (tertiary/aromatic N) is 3. The molecule has 17 heavy (non-hydrogen) atoms. The van der Waals surface area contributed by atoms with Crippen molar-refractivity contribution in [3.63, 3.8) is 0 Å². The lowest BCUT2D eigenvalue weighted by Crippen LogP contribution is -2.09. The van der Waals surface area contributed by atoms with Gasteiger partial charge < -0.3 is 14.8 Å². The maximum absolute atomic E-state index is 8.55. The molecule has 0 atom stereocenters. The summed E-state index contributed by atoms with van der Waals surface area (Å²) >= 11 is 0. The molecule has 0 saturated carbocycles. The molecular weight excluding hydrogens is 220 g/mol. The second-order valence-corrected chi connectivity index (χ2v) is 3.28. The van der Waals surface area contributed by atoms with E-state index in [4.69, 9.17) is 14.7 Å². The highest BCUT2D eigenvalue weighted by Crippen LogP contribution is 1.99. The highest BCUT2D eigenvalue weighted by Gasteiger charge is 1.95. The monoisotopic (exact) mass is 236 g/mol. The van der Waals surface area contributed by atoms with Gasteiger partial charge in [0.1, 0.15) is 11.9 Å². The van der Waals surface area contributed by atoms with Crippen molar-refractivity contribution >= 4 is 5.82 Å². The molecule has 1 rings (SSSR count). The maximum Gasteiger partial charge on any atom is 0.158 e. The van der Waals surface area contributed by atoms with Gasteiger partial charge in [-0.15, -0.1) is 0 Å². The fourth-order valence-corrected chi connectivity index (χ4v) is 1.11. The van der Waals surface area contributed by atoms with Crippen molar-refractivity contribution in [3.05, 3.63) is 18.1 Å². The fraction of sp³-hybridized carbons (Fsp3) is 0.545. The third kappa shape index (κ3) is 5.80. The summed E-state index contributed by atoms with van der Waals surface area (Å²) in [7, 11) is 1.65. The number of hydrogen-bond donors (Lipinski definition) is 1. The Morgan fingerprint density at radius 1 is 1.29 bits per heavy atom. The van der Waals surface area contributed by atoms with Crippen LogP contribution in [0.4, 0.5) is 5.82 Å². The van der Waals surface area contributed by atoms with Crippen LogP contribution in [-0.4, -0.2) is 43.4 Å². The van der Waals surface area contributed by atoms with E-state index in [-0.39, 0.29) is 0 Å². The first kappa shape index (κ1) is 13.4. The van der Waals surface area contributed by atoms with Crippen LogP contribution in [0.5, 0.6) is 0 Å². The van der Waals surface area contributed by atoms with Gasteiger partial charge in [0.15, 0.2) is 5.69 Å². The van der Waals surface area contributed by atoms with Crippen LogP contribution < -0.4 is 5.32 Å². The zero-order valence-electron chi connectivity index (χ0n) is 9.85. The zero-order valence-corrected chi connectivity index (χ0v) is 9.85. The number of nitriles is 1. The molecule has 1 aromatic heterocycles. The van der Waals surface area contributed by atoms with Crippen molar-refractivity contribution in [1.29, 1.82) is 5.26 Å². The van der Waals surface area contributed by atoms with Crippen molar-refractivity contribution in [1.82, 2.24) is 9.97 Å². The lowest BCUT2D eigenvalue weighted by molar-refractivity contribution is 0.0705. The normalized spacial score (nSPS) is 9.88. The van der Waals surface area contributed by atoms with E-state index in [1.807, 2.05) is 6.07 Å². The summed E-state index contributed by atoms with van der Waals surface area (Å²) in [6.07, 6.45) is 3.87. The Hall–Kier alpha value is -1.71. The van der Waals surface area contributed by atoms with Crippen molar-refractivity contribution in [2.45, 2.75) is 6.42 Å². The summed E-state index contributed by atoms with van der Waals surface area (Å²) in [6, 6.07) is 1.92. The van der Waals surface area contributed by atoms with Crippen LogP contribution in [0.25, 0.3) is 0 Å². The predicted octanol–water partition coefficient (Wildman–Crippen LogP) is 0.813. The van der Waals surface area contributed by atoms with Gasteiger partial charge in [-0.2, -0.15) is 5.26 Å². The summed E-state index contributed by atoms with van der Waals surface area (Å²) in [6.45, 7) is 2.68.